The zero-order valence-corrected chi connectivity index (χ0v) is 14.7. The number of carbonyl (C=O) groups excluding carboxylic acids is 1. The van der Waals surface area contributed by atoms with Crippen LogP contribution in [0.4, 0.5) is 0 Å². The summed E-state index contributed by atoms with van der Waals surface area (Å²) in [4.78, 5) is 16.8. The topological polar surface area (TPSA) is 42.0 Å². The first kappa shape index (κ1) is 17.2. The van der Waals surface area contributed by atoms with Crippen molar-refractivity contribution >= 4 is 5.97 Å². The fourth-order valence-electron chi connectivity index (χ4n) is 4.09. The number of fused-ring (bicyclic) bond motifs is 1. The third kappa shape index (κ3) is 3.90. The fraction of sp³-hybridized carbons (Fsp3) is 0.632. The maximum absolute atomic E-state index is 11.8. The zero-order valence-electron chi connectivity index (χ0n) is 14.7. The van der Waals surface area contributed by atoms with E-state index in [0.717, 1.165) is 31.6 Å². The number of hydrogen-bond donors (Lipinski definition) is 0. The summed E-state index contributed by atoms with van der Waals surface area (Å²) in [6, 6.07) is 8.03. The summed E-state index contributed by atoms with van der Waals surface area (Å²) in [5.74, 6) is 1.05. The predicted octanol–water partition coefficient (Wildman–Crippen LogP) is 2.27. The van der Waals surface area contributed by atoms with Gasteiger partial charge in [0.15, 0.2) is 0 Å². The zero-order chi connectivity index (χ0) is 16.9. The summed E-state index contributed by atoms with van der Waals surface area (Å²) in [7, 11) is 3.66. The van der Waals surface area contributed by atoms with Crippen LogP contribution in [0, 0.1) is 5.92 Å². The lowest BCUT2D eigenvalue weighted by Crippen LogP contribution is -2.53. The maximum atomic E-state index is 11.8. The number of hydrogen-bond acceptors (Lipinski definition) is 5. The summed E-state index contributed by atoms with van der Waals surface area (Å²) in [5, 5.41) is 0. The molecule has 0 saturated carbocycles. The second-order valence-electron chi connectivity index (χ2n) is 6.88. The van der Waals surface area contributed by atoms with Crippen molar-refractivity contribution in [3.63, 3.8) is 0 Å². The van der Waals surface area contributed by atoms with Gasteiger partial charge in [-0.1, -0.05) is 12.1 Å². The summed E-state index contributed by atoms with van der Waals surface area (Å²) in [6.07, 6.45) is 3.91. The number of para-hydroxylation sites is 1. The molecule has 3 rings (SSSR count). The minimum absolute atomic E-state index is 0.350. The van der Waals surface area contributed by atoms with E-state index in [9.17, 15) is 4.79 Å². The molecule has 0 unspecified atom stereocenters. The van der Waals surface area contributed by atoms with Gasteiger partial charge < -0.3 is 14.4 Å². The fourth-order valence-corrected chi connectivity index (χ4v) is 4.09. The summed E-state index contributed by atoms with van der Waals surface area (Å²) in [5.41, 5.74) is 0.493. The minimum atomic E-state index is -0.350. The average molecular weight is 332 g/mol. The SMILES string of the molecule is COC(=O)c1ccccc1OCCN1CC[C@@H]2[C@H](CCCN2C)C1. The van der Waals surface area contributed by atoms with Crippen molar-refractivity contribution in [2.45, 2.75) is 25.3 Å². The standard InChI is InChI=1S/C19H28N2O3/c1-20-10-5-6-15-14-21(11-9-17(15)20)12-13-24-18-8-4-3-7-16(18)19(22)23-2/h3-4,7-8,15,17H,5-6,9-14H2,1-2H3/t15-,17-/m1/s1. The highest BCUT2D eigenvalue weighted by atomic mass is 16.5. The van der Waals surface area contributed by atoms with Crippen molar-refractivity contribution in [1.82, 2.24) is 9.80 Å². The van der Waals surface area contributed by atoms with Crippen molar-refractivity contribution in [3.05, 3.63) is 29.8 Å². The van der Waals surface area contributed by atoms with Crippen LogP contribution >= 0.6 is 0 Å². The van der Waals surface area contributed by atoms with Crippen molar-refractivity contribution in [2.24, 2.45) is 5.92 Å². The highest BCUT2D eigenvalue weighted by Gasteiger charge is 2.33. The third-order valence-electron chi connectivity index (χ3n) is 5.39. The number of esters is 1. The van der Waals surface area contributed by atoms with Gasteiger partial charge in [-0.25, -0.2) is 4.79 Å². The van der Waals surface area contributed by atoms with Gasteiger partial charge in [0.25, 0.3) is 0 Å². The molecule has 2 heterocycles. The Hall–Kier alpha value is -1.59. The molecule has 5 heteroatoms. The number of piperidine rings is 2. The predicted molar refractivity (Wildman–Crippen MR) is 93.5 cm³/mol. The number of rotatable bonds is 5. The molecule has 0 spiro atoms. The van der Waals surface area contributed by atoms with Crippen LogP contribution in [0.2, 0.25) is 0 Å². The van der Waals surface area contributed by atoms with E-state index in [0.29, 0.717) is 17.9 Å². The van der Waals surface area contributed by atoms with E-state index in [2.05, 4.69) is 16.8 Å². The lowest BCUT2D eigenvalue weighted by molar-refractivity contribution is 0.0336. The number of likely N-dealkylation sites (tertiary alicyclic amines) is 2. The van der Waals surface area contributed by atoms with Crippen LogP contribution in [-0.4, -0.2) is 68.8 Å². The van der Waals surface area contributed by atoms with Gasteiger partial charge in [-0.3, -0.25) is 4.90 Å². The molecule has 0 bridgehead atoms. The van der Waals surface area contributed by atoms with Gasteiger partial charge in [0.05, 0.1) is 7.11 Å². The van der Waals surface area contributed by atoms with Crippen LogP contribution in [0.5, 0.6) is 5.75 Å². The highest BCUT2D eigenvalue weighted by Crippen LogP contribution is 2.29. The highest BCUT2D eigenvalue weighted by molar-refractivity contribution is 5.92. The van der Waals surface area contributed by atoms with Crippen molar-refractivity contribution < 1.29 is 14.3 Å². The van der Waals surface area contributed by atoms with Crippen molar-refractivity contribution in [1.29, 1.82) is 0 Å². The normalized spacial score (nSPS) is 25.1. The van der Waals surface area contributed by atoms with Crippen molar-refractivity contribution in [2.75, 3.05) is 46.9 Å². The number of benzene rings is 1. The monoisotopic (exact) mass is 332 g/mol. The van der Waals surface area contributed by atoms with E-state index >= 15 is 0 Å². The van der Waals surface area contributed by atoms with Crippen LogP contribution in [0.25, 0.3) is 0 Å². The van der Waals surface area contributed by atoms with E-state index in [1.54, 1.807) is 6.07 Å². The van der Waals surface area contributed by atoms with Gasteiger partial charge in [-0.2, -0.15) is 0 Å². The Morgan fingerprint density at radius 2 is 2.08 bits per heavy atom. The molecule has 132 valence electrons. The van der Waals surface area contributed by atoms with Crippen LogP contribution < -0.4 is 4.74 Å². The Morgan fingerprint density at radius 1 is 1.25 bits per heavy atom. The first-order chi connectivity index (χ1) is 11.7. The molecule has 0 N–H and O–H groups in total. The second-order valence-corrected chi connectivity index (χ2v) is 6.88. The van der Waals surface area contributed by atoms with Gasteiger partial charge in [0.2, 0.25) is 0 Å². The minimum Gasteiger partial charge on any atom is -0.491 e. The quantitative estimate of drug-likeness (QED) is 0.774. The number of nitrogens with zero attached hydrogens (tertiary/aromatic N) is 2. The first-order valence-corrected chi connectivity index (χ1v) is 8.92. The van der Waals surface area contributed by atoms with Gasteiger partial charge >= 0.3 is 5.97 Å². The molecule has 1 aromatic carbocycles. The Kier molecular flexibility index (Phi) is 5.74. The molecule has 24 heavy (non-hydrogen) atoms. The van der Waals surface area contributed by atoms with Crippen LogP contribution in [0.15, 0.2) is 24.3 Å². The molecule has 2 saturated heterocycles. The molecule has 5 nitrogen and oxygen atoms in total. The van der Waals surface area contributed by atoms with Gasteiger partial charge in [0, 0.05) is 19.1 Å². The number of carbonyl (C=O) groups is 1. The molecule has 0 aromatic heterocycles. The van der Waals surface area contributed by atoms with Crippen molar-refractivity contribution in [3.8, 4) is 5.75 Å². The van der Waals surface area contributed by atoms with Crippen LogP contribution in [0.1, 0.15) is 29.6 Å². The Bertz CT molecular complexity index is 563. The largest absolute Gasteiger partial charge is 0.491 e. The summed E-state index contributed by atoms with van der Waals surface area (Å²) >= 11 is 0. The molecule has 2 atom stereocenters. The molecule has 2 aliphatic heterocycles. The lowest BCUT2D eigenvalue weighted by atomic mass is 9.84. The Balaban J connectivity index is 1.50. The van der Waals surface area contributed by atoms with E-state index in [-0.39, 0.29) is 5.97 Å². The molecule has 0 radical (unpaired) electrons. The van der Waals surface area contributed by atoms with E-state index in [1.165, 1.54) is 32.9 Å². The molecule has 1 aromatic rings. The number of methoxy groups -OCH3 is 1. The molecule has 0 aliphatic carbocycles. The Morgan fingerprint density at radius 3 is 2.92 bits per heavy atom. The smallest absolute Gasteiger partial charge is 0.341 e. The maximum Gasteiger partial charge on any atom is 0.341 e. The second kappa shape index (κ2) is 7.99. The summed E-state index contributed by atoms with van der Waals surface area (Å²) < 4.78 is 10.7. The van der Waals surface area contributed by atoms with Crippen LogP contribution in [0.3, 0.4) is 0 Å². The first-order valence-electron chi connectivity index (χ1n) is 8.92. The molecular formula is C19H28N2O3. The van der Waals surface area contributed by atoms with Gasteiger partial charge in [-0.15, -0.1) is 0 Å². The van der Waals surface area contributed by atoms with Gasteiger partial charge in [-0.05, 0) is 57.5 Å². The number of ether oxygens (including phenoxy) is 2. The van der Waals surface area contributed by atoms with Gasteiger partial charge in [0.1, 0.15) is 17.9 Å². The third-order valence-corrected chi connectivity index (χ3v) is 5.39. The molecule has 0 amide bonds. The van der Waals surface area contributed by atoms with E-state index in [4.69, 9.17) is 9.47 Å². The summed E-state index contributed by atoms with van der Waals surface area (Å²) in [6.45, 7) is 5.04. The molecule has 2 aliphatic rings. The Labute approximate surface area is 144 Å². The lowest BCUT2D eigenvalue weighted by Gasteiger charge is -2.46. The molecule has 2 fully saturated rings. The van der Waals surface area contributed by atoms with E-state index < -0.39 is 0 Å². The molecular weight excluding hydrogens is 304 g/mol. The average Bonchev–Trinajstić information content (AvgIpc) is 2.61. The van der Waals surface area contributed by atoms with E-state index in [1.807, 2.05) is 18.2 Å². The van der Waals surface area contributed by atoms with Crippen LogP contribution in [-0.2, 0) is 4.74 Å².